The van der Waals surface area contributed by atoms with E-state index in [-0.39, 0.29) is 25.5 Å². The second kappa shape index (κ2) is 10.4. The number of β-lactam (4-membered cyclic amide) rings is 1. The zero-order valence-corrected chi connectivity index (χ0v) is 21.6. The fourth-order valence-electron chi connectivity index (χ4n) is 4.53. The first-order valence-corrected chi connectivity index (χ1v) is 12.2. The molecule has 4 rings (SSSR count). The Morgan fingerprint density at radius 2 is 1.82 bits per heavy atom. The van der Waals surface area contributed by atoms with Crippen molar-refractivity contribution in [2.24, 2.45) is 11.3 Å². The van der Waals surface area contributed by atoms with Crippen LogP contribution in [0.25, 0.3) is 5.57 Å². The molecule has 0 unspecified atom stereocenters. The molecule has 3 atom stereocenters. The van der Waals surface area contributed by atoms with Gasteiger partial charge in [-0.2, -0.15) is 0 Å². The monoisotopic (exact) mass is 530 g/mol. The number of nitrogens with zero attached hydrogens (tertiary/aromatic N) is 2. The van der Waals surface area contributed by atoms with E-state index in [1.165, 1.54) is 11.8 Å². The van der Waals surface area contributed by atoms with E-state index in [1.807, 2.05) is 0 Å². The van der Waals surface area contributed by atoms with Gasteiger partial charge in [0.05, 0.1) is 30.0 Å². The normalized spacial score (nSPS) is 21.5. The summed E-state index contributed by atoms with van der Waals surface area (Å²) in [5.41, 5.74) is 0.387. The Morgan fingerprint density at radius 3 is 2.39 bits per heavy atom. The van der Waals surface area contributed by atoms with E-state index >= 15 is 0 Å². The standard InChI is InChI=1S/C26H30N2O10/c1-14(29)20-18-11-17(21(28(18)22(20)31)23(32)37-13-38-24(33)26(2,3)4)15-5-7-16(8-6-15)36-12-19(30)27-9-10-35-25(27)34/h5-8,14,18,20,29H,9-13H2,1-4H3/t14-,18-,20-/m1/s1. The summed E-state index contributed by atoms with van der Waals surface area (Å²) in [7, 11) is 0. The first-order valence-electron chi connectivity index (χ1n) is 12.2. The number of amides is 3. The number of hydrogen-bond acceptors (Lipinski definition) is 10. The van der Waals surface area contributed by atoms with Gasteiger partial charge in [-0.05, 0) is 57.4 Å². The van der Waals surface area contributed by atoms with E-state index in [2.05, 4.69) is 0 Å². The number of rotatable bonds is 8. The van der Waals surface area contributed by atoms with Crippen LogP contribution in [0.5, 0.6) is 5.75 Å². The van der Waals surface area contributed by atoms with E-state index in [1.54, 1.807) is 45.0 Å². The summed E-state index contributed by atoms with van der Waals surface area (Å²) in [6.45, 7) is 5.87. The molecule has 0 radical (unpaired) electrons. The van der Waals surface area contributed by atoms with Gasteiger partial charge >= 0.3 is 18.0 Å². The third kappa shape index (κ3) is 5.21. The minimum Gasteiger partial charge on any atom is -0.484 e. The molecule has 0 aliphatic carbocycles. The van der Waals surface area contributed by atoms with Crippen LogP contribution in [0.15, 0.2) is 30.0 Å². The van der Waals surface area contributed by atoms with Crippen molar-refractivity contribution in [2.75, 3.05) is 26.6 Å². The van der Waals surface area contributed by atoms with E-state index in [0.717, 1.165) is 4.90 Å². The van der Waals surface area contributed by atoms with Crippen molar-refractivity contribution in [1.29, 1.82) is 0 Å². The molecule has 3 heterocycles. The van der Waals surface area contributed by atoms with Crippen molar-refractivity contribution >= 4 is 35.4 Å². The number of ether oxygens (including phenoxy) is 4. The lowest BCUT2D eigenvalue weighted by molar-refractivity contribution is -0.175. The van der Waals surface area contributed by atoms with Gasteiger partial charge in [-0.1, -0.05) is 12.1 Å². The van der Waals surface area contributed by atoms with Crippen LogP contribution in [0.4, 0.5) is 4.79 Å². The Labute approximate surface area is 219 Å². The van der Waals surface area contributed by atoms with Gasteiger partial charge in [0.1, 0.15) is 18.1 Å². The summed E-state index contributed by atoms with van der Waals surface area (Å²) in [4.78, 5) is 63.8. The lowest BCUT2D eigenvalue weighted by Crippen LogP contribution is -2.61. The highest BCUT2D eigenvalue weighted by Crippen LogP contribution is 2.47. The molecule has 0 aromatic heterocycles. The van der Waals surface area contributed by atoms with Gasteiger partial charge in [0, 0.05) is 0 Å². The molecule has 3 aliphatic heterocycles. The summed E-state index contributed by atoms with van der Waals surface area (Å²) < 4.78 is 20.4. The number of cyclic esters (lactones) is 1. The number of carbonyl (C=O) groups is 5. The Hall–Kier alpha value is -3.93. The predicted molar refractivity (Wildman–Crippen MR) is 129 cm³/mol. The summed E-state index contributed by atoms with van der Waals surface area (Å²) in [5, 5.41) is 10.1. The number of carbonyl (C=O) groups excluding carboxylic acids is 5. The zero-order chi connectivity index (χ0) is 27.8. The maximum Gasteiger partial charge on any atom is 0.416 e. The fourth-order valence-corrected chi connectivity index (χ4v) is 4.53. The highest BCUT2D eigenvalue weighted by atomic mass is 16.7. The molecule has 2 fully saturated rings. The predicted octanol–water partition coefficient (Wildman–Crippen LogP) is 1.46. The quantitative estimate of drug-likeness (QED) is 0.297. The van der Waals surface area contributed by atoms with E-state index in [4.69, 9.17) is 18.9 Å². The third-order valence-corrected chi connectivity index (χ3v) is 6.54. The average Bonchev–Trinajstić information content (AvgIpc) is 3.43. The van der Waals surface area contributed by atoms with Crippen molar-refractivity contribution in [3.05, 3.63) is 35.5 Å². The number of imide groups is 1. The van der Waals surface area contributed by atoms with Crippen LogP contribution in [-0.2, 0) is 33.4 Å². The summed E-state index contributed by atoms with van der Waals surface area (Å²) >= 11 is 0. The minimum atomic E-state index is -0.894. The van der Waals surface area contributed by atoms with Gasteiger partial charge in [0.2, 0.25) is 12.7 Å². The molecular formula is C26H30N2O10. The maximum atomic E-state index is 13.0. The summed E-state index contributed by atoms with van der Waals surface area (Å²) in [6.07, 6.45) is -1.29. The second-order valence-corrected chi connectivity index (χ2v) is 10.3. The van der Waals surface area contributed by atoms with Crippen molar-refractivity contribution in [2.45, 2.75) is 46.3 Å². The maximum absolute atomic E-state index is 13.0. The number of aliphatic hydroxyl groups excluding tert-OH is 1. The lowest BCUT2D eigenvalue weighted by Gasteiger charge is -2.44. The zero-order valence-electron chi connectivity index (χ0n) is 21.6. The molecule has 38 heavy (non-hydrogen) atoms. The molecule has 12 nitrogen and oxygen atoms in total. The highest BCUT2D eigenvalue weighted by molar-refractivity contribution is 6.06. The van der Waals surface area contributed by atoms with E-state index in [9.17, 15) is 29.1 Å². The molecular weight excluding hydrogens is 500 g/mol. The number of hydrogen-bond donors (Lipinski definition) is 1. The summed E-state index contributed by atoms with van der Waals surface area (Å²) in [5.74, 6) is -2.59. The Kier molecular flexibility index (Phi) is 7.45. The molecule has 2 saturated heterocycles. The van der Waals surface area contributed by atoms with Gasteiger partial charge < -0.3 is 29.0 Å². The van der Waals surface area contributed by atoms with Crippen molar-refractivity contribution in [1.82, 2.24) is 9.80 Å². The van der Waals surface area contributed by atoms with E-state index < -0.39 is 60.1 Å². The molecule has 0 saturated carbocycles. The molecule has 1 aromatic carbocycles. The Morgan fingerprint density at radius 1 is 1.13 bits per heavy atom. The topological polar surface area (TPSA) is 149 Å². The number of fused-ring (bicyclic) bond motifs is 1. The largest absolute Gasteiger partial charge is 0.484 e. The molecule has 1 aromatic rings. The Balaban J connectivity index is 1.48. The number of esters is 2. The molecule has 3 aliphatic rings. The molecule has 0 spiro atoms. The van der Waals surface area contributed by atoms with Crippen molar-refractivity contribution < 1.29 is 48.0 Å². The lowest BCUT2D eigenvalue weighted by atomic mass is 9.82. The van der Waals surface area contributed by atoms with Crippen molar-refractivity contribution in [3.63, 3.8) is 0 Å². The SMILES string of the molecule is C[C@@H](O)[C@H]1C(=O)N2C(C(=O)OCOC(=O)C(C)(C)C)=C(c3ccc(OCC(=O)N4CCOC4=O)cc3)C[C@H]12. The molecule has 3 amide bonds. The summed E-state index contributed by atoms with van der Waals surface area (Å²) in [6, 6.07) is 6.11. The molecule has 1 N–H and O–H groups in total. The molecule has 0 bridgehead atoms. The van der Waals surface area contributed by atoms with Gasteiger partial charge in [0.25, 0.3) is 5.91 Å². The molecule has 12 heteroatoms. The Bertz CT molecular complexity index is 1180. The third-order valence-electron chi connectivity index (χ3n) is 6.54. The van der Waals surface area contributed by atoms with Gasteiger partial charge in [0.15, 0.2) is 6.61 Å². The van der Waals surface area contributed by atoms with Crippen molar-refractivity contribution in [3.8, 4) is 5.75 Å². The fraction of sp³-hybridized carbons (Fsp3) is 0.500. The first kappa shape index (κ1) is 27.1. The van der Waals surface area contributed by atoms with Crippen LogP contribution in [0.1, 0.15) is 39.7 Å². The van der Waals surface area contributed by atoms with Crippen LogP contribution < -0.4 is 4.74 Å². The van der Waals surface area contributed by atoms with Crippen LogP contribution in [0.2, 0.25) is 0 Å². The van der Waals surface area contributed by atoms with Gasteiger partial charge in [-0.15, -0.1) is 0 Å². The number of benzene rings is 1. The van der Waals surface area contributed by atoms with Crippen LogP contribution in [0, 0.1) is 11.3 Å². The van der Waals surface area contributed by atoms with Crippen LogP contribution >= 0.6 is 0 Å². The van der Waals surface area contributed by atoms with E-state index in [0.29, 0.717) is 23.3 Å². The van der Waals surface area contributed by atoms with Gasteiger partial charge in [-0.3, -0.25) is 14.4 Å². The van der Waals surface area contributed by atoms with Crippen LogP contribution in [0.3, 0.4) is 0 Å². The second-order valence-electron chi connectivity index (χ2n) is 10.3. The first-order chi connectivity index (χ1) is 17.9. The number of aliphatic hydroxyl groups is 1. The average molecular weight is 531 g/mol. The minimum absolute atomic E-state index is 0.0279. The highest BCUT2D eigenvalue weighted by Gasteiger charge is 2.57. The van der Waals surface area contributed by atoms with Crippen LogP contribution in [-0.4, -0.2) is 83.4 Å². The van der Waals surface area contributed by atoms with Gasteiger partial charge in [-0.25, -0.2) is 14.5 Å². The molecule has 204 valence electrons. The smallest absolute Gasteiger partial charge is 0.416 e.